The number of carbonyl (C=O) groups is 2. The fourth-order valence-electron chi connectivity index (χ4n) is 3.52. The summed E-state index contributed by atoms with van der Waals surface area (Å²) in [6.45, 7) is 5.55. The zero-order chi connectivity index (χ0) is 22.8. The molecule has 1 aliphatic heterocycles. The molecule has 0 bridgehead atoms. The number of amides is 2. The lowest BCUT2D eigenvalue weighted by Gasteiger charge is -2.22. The van der Waals surface area contributed by atoms with E-state index in [1.807, 2.05) is 0 Å². The first-order valence-electron chi connectivity index (χ1n) is 10.0. The summed E-state index contributed by atoms with van der Waals surface area (Å²) < 4.78 is 33.7. The summed E-state index contributed by atoms with van der Waals surface area (Å²) in [5.74, 6) is -0.252. The van der Waals surface area contributed by atoms with Crippen LogP contribution in [0.3, 0.4) is 0 Å². The van der Waals surface area contributed by atoms with Crippen molar-refractivity contribution < 1.29 is 22.7 Å². The van der Waals surface area contributed by atoms with E-state index >= 15 is 0 Å². The maximum absolute atomic E-state index is 13.0. The van der Waals surface area contributed by atoms with Gasteiger partial charge in [-0.25, -0.2) is 8.42 Å². The summed E-state index contributed by atoms with van der Waals surface area (Å²) in [6.07, 6.45) is 0.586. The number of methoxy groups -OCH3 is 1. The van der Waals surface area contributed by atoms with Crippen molar-refractivity contribution >= 4 is 33.2 Å². The minimum absolute atomic E-state index is 0.0662. The number of carbonyl (C=O) groups excluding carboxylic acids is 2. The predicted octanol–water partition coefficient (Wildman–Crippen LogP) is 2.55. The number of sulfonamides is 1. The van der Waals surface area contributed by atoms with Crippen LogP contribution in [0.25, 0.3) is 0 Å². The summed E-state index contributed by atoms with van der Waals surface area (Å²) in [6, 6.07) is 10.5. The molecule has 31 heavy (non-hydrogen) atoms. The lowest BCUT2D eigenvalue weighted by molar-refractivity contribution is -0.118. The summed E-state index contributed by atoms with van der Waals surface area (Å²) in [5, 5.41) is 2.74. The second-order valence-electron chi connectivity index (χ2n) is 7.78. The van der Waals surface area contributed by atoms with E-state index in [9.17, 15) is 18.0 Å². The molecule has 0 spiro atoms. The maximum atomic E-state index is 13.0. The number of hydrogen-bond donors (Lipinski definition) is 2. The van der Waals surface area contributed by atoms with Crippen molar-refractivity contribution in [2.24, 2.45) is 5.92 Å². The van der Waals surface area contributed by atoms with Crippen LogP contribution in [0.5, 0.6) is 5.75 Å². The highest BCUT2D eigenvalue weighted by Crippen LogP contribution is 2.30. The van der Waals surface area contributed by atoms with Crippen LogP contribution in [0, 0.1) is 5.92 Å². The second-order valence-corrected chi connectivity index (χ2v) is 9.49. The van der Waals surface area contributed by atoms with Gasteiger partial charge in [-0.05, 0) is 48.2 Å². The fourth-order valence-corrected chi connectivity index (χ4v) is 4.91. The Bertz CT molecular complexity index is 1100. The molecule has 9 heteroatoms. The smallest absolute Gasteiger partial charge is 0.242 e. The van der Waals surface area contributed by atoms with Crippen LogP contribution in [0.15, 0.2) is 47.4 Å². The molecule has 0 aromatic heterocycles. The third-order valence-electron chi connectivity index (χ3n) is 5.21. The first-order valence-corrected chi connectivity index (χ1v) is 11.5. The van der Waals surface area contributed by atoms with Crippen LogP contribution in [-0.2, 0) is 26.0 Å². The van der Waals surface area contributed by atoms with Gasteiger partial charge in [-0.2, -0.15) is 4.72 Å². The Hall–Kier alpha value is -2.91. The summed E-state index contributed by atoms with van der Waals surface area (Å²) in [4.78, 5) is 26.3. The summed E-state index contributed by atoms with van der Waals surface area (Å²) in [7, 11) is -2.43. The Morgan fingerprint density at radius 2 is 1.87 bits per heavy atom. The van der Waals surface area contributed by atoms with Crippen molar-refractivity contribution in [1.29, 1.82) is 0 Å². The normalized spacial score (nSPS) is 14.3. The molecule has 0 aliphatic carbocycles. The molecule has 2 amide bonds. The number of ether oxygens (including phenoxy) is 1. The Labute approximate surface area is 182 Å². The van der Waals surface area contributed by atoms with Gasteiger partial charge < -0.3 is 15.0 Å². The Morgan fingerprint density at radius 3 is 2.52 bits per heavy atom. The van der Waals surface area contributed by atoms with Crippen LogP contribution in [-0.4, -0.2) is 39.9 Å². The van der Waals surface area contributed by atoms with Gasteiger partial charge in [0.1, 0.15) is 11.8 Å². The molecule has 166 valence electrons. The molecule has 1 heterocycles. The van der Waals surface area contributed by atoms with E-state index in [-0.39, 0.29) is 16.7 Å². The summed E-state index contributed by atoms with van der Waals surface area (Å²) >= 11 is 0. The number of nitrogens with one attached hydrogen (secondary N) is 2. The van der Waals surface area contributed by atoms with Gasteiger partial charge in [0.05, 0.1) is 12.0 Å². The minimum Gasteiger partial charge on any atom is -0.497 e. The predicted molar refractivity (Wildman–Crippen MR) is 119 cm³/mol. The zero-order valence-electron chi connectivity index (χ0n) is 18.0. The minimum atomic E-state index is -3.95. The molecule has 0 fully saturated rings. The first-order chi connectivity index (χ1) is 14.6. The topological polar surface area (TPSA) is 105 Å². The van der Waals surface area contributed by atoms with Gasteiger partial charge in [0.15, 0.2) is 0 Å². The van der Waals surface area contributed by atoms with Gasteiger partial charge in [-0.1, -0.05) is 19.9 Å². The Morgan fingerprint density at radius 1 is 1.13 bits per heavy atom. The van der Waals surface area contributed by atoms with Crippen LogP contribution in [0.1, 0.15) is 26.3 Å². The number of fused-ring (bicyclic) bond motifs is 1. The van der Waals surface area contributed by atoms with Gasteiger partial charge in [-0.15, -0.1) is 0 Å². The van der Waals surface area contributed by atoms with Crippen LogP contribution in [0.2, 0.25) is 0 Å². The number of rotatable bonds is 7. The molecule has 0 saturated carbocycles. The van der Waals surface area contributed by atoms with Crippen LogP contribution in [0.4, 0.5) is 11.4 Å². The fraction of sp³-hybridized carbons (Fsp3) is 0.364. The maximum Gasteiger partial charge on any atom is 0.242 e. The van der Waals surface area contributed by atoms with Crippen molar-refractivity contribution in [3.8, 4) is 5.75 Å². The average Bonchev–Trinajstić information content (AvgIpc) is 3.15. The van der Waals surface area contributed by atoms with Crippen LogP contribution >= 0.6 is 0 Å². The number of hydrogen-bond acceptors (Lipinski definition) is 5. The average molecular weight is 446 g/mol. The third-order valence-corrected chi connectivity index (χ3v) is 6.64. The molecule has 0 unspecified atom stereocenters. The first kappa shape index (κ1) is 22.8. The van der Waals surface area contributed by atoms with E-state index in [1.165, 1.54) is 20.1 Å². The molecular weight excluding hydrogens is 418 g/mol. The lowest BCUT2D eigenvalue weighted by Crippen LogP contribution is -2.47. The van der Waals surface area contributed by atoms with Gasteiger partial charge in [0, 0.05) is 30.9 Å². The van der Waals surface area contributed by atoms with Crippen molar-refractivity contribution in [2.75, 3.05) is 23.9 Å². The molecule has 1 aliphatic rings. The Kier molecular flexibility index (Phi) is 6.66. The molecule has 2 aromatic rings. The van der Waals surface area contributed by atoms with Crippen molar-refractivity contribution in [2.45, 2.75) is 38.1 Å². The molecular formula is C22H27N3O5S. The van der Waals surface area contributed by atoms with Crippen LogP contribution < -0.4 is 19.7 Å². The largest absolute Gasteiger partial charge is 0.497 e. The monoisotopic (exact) mass is 445 g/mol. The number of benzene rings is 2. The molecule has 8 nitrogen and oxygen atoms in total. The van der Waals surface area contributed by atoms with Gasteiger partial charge in [0.25, 0.3) is 0 Å². The molecule has 2 aromatic carbocycles. The van der Waals surface area contributed by atoms with Gasteiger partial charge in [0.2, 0.25) is 21.8 Å². The third kappa shape index (κ3) is 5.05. The summed E-state index contributed by atoms with van der Waals surface area (Å²) in [5.41, 5.74) is 2.03. The molecule has 2 N–H and O–H groups in total. The molecule has 0 saturated heterocycles. The van der Waals surface area contributed by atoms with Crippen molar-refractivity contribution in [3.05, 3.63) is 48.0 Å². The van der Waals surface area contributed by atoms with E-state index in [1.54, 1.807) is 55.1 Å². The van der Waals surface area contributed by atoms with E-state index in [0.717, 1.165) is 11.3 Å². The van der Waals surface area contributed by atoms with Gasteiger partial charge >= 0.3 is 0 Å². The highest BCUT2D eigenvalue weighted by Gasteiger charge is 2.30. The SMILES string of the molecule is COc1cccc(NC(=O)[C@@H](NS(=O)(=O)c2ccc3c(c2)CCN3C(C)=O)C(C)C)c1. The zero-order valence-corrected chi connectivity index (χ0v) is 18.8. The van der Waals surface area contributed by atoms with Gasteiger partial charge in [-0.3, -0.25) is 9.59 Å². The highest BCUT2D eigenvalue weighted by molar-refractivity contribution is 7.89. The quantitative estimate of drug-likeness (QED) is 0.682. The van der Waals surface area contributed by atoms with E-state index < -0.39 is 22.0 Å². The standard InChI is InChI=1S/C22H27N3O5S/c1-14(2)21(22(27)23-17-6-5-7-18(13-17)30-4)24-31(28,29)19-8-9-20-16(12-19)10-11-25(20)15(3)26/h5-9,12-14,21,24H,10-11H2,1-4H3,(H,23,27)/t21-/m0/s1. The molecule has 0 radical (unpaired) electrons. The van der Waals surface area contributed by atoms with E-state index in [0.29, 0.717) is 24.4 Å². The van der Waals surface area contributed by atoms with Crippen molar-refractivity contribution in [1.82, 2.24) is 4.72 Å². The van der Waals surface area contributed by atoms with E-state index in [2.05, 4.69) is 10.0 Å². The van der Waals surface area contributed by atoms with Crippen molar-refractivity contribution in [3.63, 3.8) is 0 Å². The highest BCUT2D eigenvalue weighted by atomic mass is 32.2. The molecule has 3 rings (SSSR count). The molecule has 1 atom stereocenters. The Balaban J connectivity index is 1.80. The van der Waals surface area contributed by atoms with E-state index in [4.69, 9.17) is 4.74 Å². The number of nitrogens with zero attached hydrogens (tertiary/aromatic N) is 1. The number of anilines is 2. The second kappa shape index (κ2) is 9.07. The lowest BCUT2D eigenvalue weighted by atomic mass is 10.0.